The fourth-order valence-corrected chi connectivity index (χ4v) is 8.74. The number of hydrogen-bond donors (Lipinski definition) is 0. The van der Waals surface area contributed by atoms with Crippen LogP contribution in [0.3, 0.4) is 0 Å². The highest BCUT2D eigenvalue weighted by Gasteiger charge is 2.52. The van der Waals surface area contributed by atoms with Crippen molar-refractivity contribution in [3.63, 3.8) is 0 Å². The van der Waals surface area contributed by atoms with Crippen molar-refractivity contribution in [2.24, 2.45) is 5.92 Å². The SMILES string of the molecule is C[O+]1CC(C2CCCCC2)=C(c2ccc(-c3ccccc3)cc2)[B-]1(c1ccc(-c2ccccc2)cc1)c1ccc(-c2ccccc2)cc1. The summed E-state index contributed by atoms with van der Waals surface area (Å²) in [5.74, 6) is 0.605. The van der Waals surface area contributed by atoms with Crippen LogP contribution in [0.25, 0.3) is 38.9 Å². The maximum absolute atomic E-state index is 3.82. The van der Waals surface area contributed by atoms with Crippen LogP contribution in [0.15, 0.2) is 169 Å². The fraction of sp³-hybridized carbons (Fsp3) is 0.174. The van der Waals surface area contributed by atoms with Crippen LogP contribution in [0.4, 0.5) is 0 Å². The van der Waals surface area contributed by atoms with Crippen LogP contribution in [-0.4, -0.2) is 20.1 Å². The quantitative estimate of drug-likeness (QED) is 0.123. The smallest absolute Gasteiger partial charge is 0.377 e. The Morgan fingerprint density at radius 1 is 0.417 bits per heavy atom. The lowest BCUT2D eigenvalue weighted by Crippen LogP contribution is -2.64. The van der Waals surface area contributed by atoms with Gasteiger partial charge in [-0.3, -0.25) is 0 Å². The van der Waals surface area contributed by atoms with E-state index in [4.69, 9.17) is 0 Å². The molecule has 1 nitrogen and oxygen atoms in total. The van der Waals surface area contributed by atoms with Crippen molar-refractivity contribution < 1.29 is 4.28 Å². The zero-order chi connectivity index (χ0) is 32.3. The second-order valence-corrected chi connectivity index (χ2v) is 13.8. The van der Waals surface area contributed by atoms with Gasteiger partial charge in [-0.15, -0.1) is 10.9 Å². The molecule has 0 atom stereocenters. The maximum Gasteiger partial charge on any atom is 0.377 e. The van der Waals surface area contributed by atoms with Gasteiger partial charge >= 0.3 is 6.35 Å². The van der Waals surface area contributed by atoms with E-state index in [0.717, 1.165) is 6.61 Å². The first kappa shape index (κ1) is 30.4. The number of benzene rings is 6. The van der Waals surface area contributed by atoms with E-state index in [1.807, 2.05) is 0 Å². The molecule has 0 spiro atoms. The molecule has 0 N–H and O–H groups in total. The van der Waals surface area contributed by atoms with Crippen LogP contribution >= 0.6 is 0 Å². The Kier molecular flexibility index (Phi) is 8.43. The second kappa shape index (κ2) is 13.3. The summed E-state index contributed by atoms with van der Waals surface area (Å²) in [4.78, 5) is 0. The Balaban J connectivity index is 1.33. The van der Waals surface area contributed by atoms with Crippen LogP contribution < -0.4 is 10.9 Å². The lowest BCUT2D eigenvalue weighted by Gasteiger charge is -2.43. The zero-order valence-corrected chi connectivity index (χ0v) is 27.9. The molecule has 6 aromatic carbocycles. The Labute approximate surface area is 286 Å². The van der Waals surface area contributed by atoms with Gasteiger partial charge in [-0.1, -0.05) is 194 Å². The molecule has 2 heteroatoms. The first-order valence-corrected chi connectivity index (χ1v) is 17.7. The highest BCUT2D eigenvalue weighted by molar-refractivity contribution is 7.12. The molecule has 0 aromatic heterocycles. The minimum Gasteiger partial charge on any atom is -0.659 e. The summed E-state index contributed by atoms with van der Waals surface area (Å²) in [6.45, 7) is 0.918. The second-order valence-electron chi connectivity index (χ2n) is 13.8. The van der Waals surface area contributed by atoms with Crippen molar-refractivity contribution in [3.05, 3.63) is 175 Å². The molecule has 48 heavy (non-hydrogen) atoms. The van der Waals surface area contributed by atoms with Crippen molar-refractivity contribution in [1.29, 1.82) is 0 Å². The van der Waals surface area contributed by atoms with Gasteiger partial charge in [0.15, 0.2) is 0 Å². The van der Waals surface area contributed by atoms with Crippen LogP contribution in [0.5, 0.6) is 0 Å². The standard InChI is InChI=1S/C46H43BO/c1-48-34-45(41-20-12-5-13-21-41)46(42-24-22-38(23-25-42)35-14-6-2-7-15-35)47(48,43-30-26-39(27-31-43)36-16-8-3-9-17-36)44-32-28-40(29-33-44)37-18-10-4-11-19-37/h2-4,6-11,14-19,22-33,41H,5,12-13,20-21,34H2,1H3. The summed E-state index contributed by atoms with van der Waals surface area (Å²) in [5, 5.41) is 0. The number of hydrogen-bond acceptors (Lipinski definition) is 0. The van der Waals surface area contributed by atoms with Gasteiger partial charge in [0.1, 0.15) is 6.61 Å². The van der Waals surface area contributed by atoms with Gasteiger partial charge < -0.3 is 4.28 Å². The highest BCUT2D eigenvalue weighted by atomic mass is 16.6. The van der Waals surface area contributed by atoms with E-state index in [-0.39, 0.29) is 0 Å². The lowest BCUT2D eigenvalue weighted by atomic mass is 9.26. The molecule has 6 aromatic rings. The molecule has 0 unspecified atom stereocenters. The Bertz CT molecular complexity index is 1910. The van der Waals surface area contributed by atoms with Gasteiger partial charge in [0.25, 0.3) is 0 Å². The Morgan fingerprint density at radius 2 is 0.771 bits per heavy atom. The molecule has 236 valence electrons. The molecule has 1 fully saturated rings. The van der Waals surface area contributed by atoms with E-state index >= 15 is 0 Å². The molecule has 1 aliphatic carbocycles. The first-order chi connectivity index (χ1) is 23.7. The van der Waals surface area contributed by atoms with Crippen molar-refractivity contribution >= 4 is 22.7 Å². The third-order valence-corrected chi connectivity index (χ3v) is 11.1. The Hall–Kier alpha value is -4.92. The average molecular weight is 623 g/mol. The predicted octanol–water partition coefficient (Wildman–Crippen LogP) is 10.5. The van der Waals surface area contributed by atoms with Crippen LogP contribution in [-0.2, 0) is 4.28 Å². The third kappa shape index (κ3) is 5.55. The molecule has 1 heterocycles. The van der Waals surface area contributed by atoms with Crippen LogP contribution in [0, 0.1) is 5.92 Å². The van der Waals surface area contributed by atoms with E-state index in [0.29, 0.717) is 5.92 Å². The van der Waals surface area contributed by atoms with E-state index in [2.05, 4.69) is 175 Å². The minimum absolute atomic E-state index is 0.605. The van der Waals surface area contributed by atoms with Crippen molar-refractivity contribution in [1.82, 2.24) is 0 Å². The molecular weight excluding hydrogens is 579 g/mol. The maximum atomic E-state index is 3.82. The van der Waals surface area contributed by atoms with Gasteiger partial charge in [0.05, 0.1) is 7.11 Å². The van der Waals surface area contributed by atoms with Crippen molar-refractivity contribution in [2.75, 3.05) is 13.7 Å². The molecule has 1 saturated carbocycles. The van der Waals surface area contributed by atoms with E-state index < -0.39 is 6.35 Å². The fourth-order valence-electron chi connectivity index (χ4n) is 8.74. The summed E-state index contributed by atoms with van der Waals surface area (Å²) in [7, 11) is 2.30. The van der Waals surface area contributed by atoms with Gasteiger partial charge in [0.2, 0.25) is 0 Å². The zero-order valence-electron chi connectivity index (χ0n) is 27.9. The topological polar surface area (TPSA) is 2.70 Å². The summed E-state index contributed by atoms with van der Waals surface area (Å²) in [6.07, 6.45) is 5.05. The first-order valence-electron chi connectivity index (χ1n) is 17.7. The van der Waals surface area contributed by atoms with E-state index in [1.54, 1.807) is 5.57 Å². The predicted molar refractivity (Wildman–Crippen MR) is 206 cm³/mol. The Morgan fingerprint density at radius 3 is 1.19 bits per heavy atom. The summed E-state index contributed by atoms with van der Waals surface area (Å²) in [5.41, 5.74) is 14.7. The van der Waals surface area contributed by atoms with Crippen molar-refractivity contribution in [2.45, 2.75) is 32.1 Å². The monoisotopic (exact) mass is 622 g/mol. The van der Waals surface area contributed by atoms with Gasteiger partial charge in [-0.05, 0) is 57.7 Å². The molecule has 0 radical (unpaired) electrons. The summed E-state index contributed by atoms with van der Waals surface area (Å²) in [6, 6.07) is 60.6. The molecule has 1 aliphatic heterocycles. The largest absolute Gasteiger partial charge is 0.659 e. The van der Waals surface area contributed by atoms with Crippen LogP contribution in [0.2, 0.25) is 0 Å². The molecule has 0 bridgehead atoms. The molecular formula is C46H43BO. The van der Waals surface area contributed by atoms with Gasteiger partial charge in [-0.25, -0.2) is 0 Å². The van der Waals surface area contributed by atoms with Gasteiger partial charge in [0, 0.05) is 0 Å². The molecule has 8 rings (SSSR count). The van der Waals surface area contributed by atoms with E-state index in [9.17, 15) is 0 Å². The number of rotatable bonds is 7. The highest BCUT2D eigenvalue weighted by Crippen LogP contribution is 2.46. The molecule has 0 amide bonds. The summed E-state index contributed by atoms with van der Waals surface area (Å²) >= 11 is 0. The lowest BCUT2D eigenvalue weighted by molar-refractivity contribution is 0.0786. The minimum atomic E-state index is -1.50. The molecule has 0 saturated heterocycles. The summed E-state index contributed by atoms with van der Waals surface area (Å²) < 4.78 is 3.82. The van der Waals surface area contributed by atoms with Crippen molar-refractivity contribution in [3.8, 4) is 33.4 Å². The van der Waals surface area contributed by atoms with Gasteiger partial charge in [-0.2, -0.15) is 0 Å². The van der Waals surface area contributed by atoms with E-state index in [1.165, 1.54) is 87.4 Å². The normalized spacial score (nSPS) is 16.7. The van der Waals surface area contributed by atoms with Crippen LogP contribution in [0.1, 0.15) is 37.7 Å². The molecule has 2 aliphatic rings. The average Bonchev–Trinajstić information content (AvgIpc) is 3.49. The third-order valence-electron chi connectivity index (χ3n) is 11.1.